The minimum atomic E-state index is 0.0315. The maximum absolute atomic E-state index is 12.3. The number of rotatable bonds is 7. The summed E-state index contributed by atoms with van der Waals surface area (Å²) in [5.41, 5.74) is 0.183. The van der Waals surface area contributed by atoms with E-state index in [-0.39, 0.29) is 17.4 Å². The van der Waals surface area contributed by atoms with Gasteiger partial charge in [-0.2, -0.15) is 4.98 Å². The van der Waals surface area contributed by atoms with Gasteiger partial charge in [0.05, 0.1) is 12.4 Å². The number of nitrogens with one attached hydrogen (secondary N) is 1. The number of amides is 1. The highest BCUT2D eigenvalue weighted by molar-refractivity contribution is 5.76. The molecule has 2 heterocycles. The van der Waals surface area contributed by atoms with Gasteiger partial charge in [0.25, 0.3) is 0 Å². The van der Waals surface area contributed by atoms with Crippen molar-refractivity contribution in [2.24, 2.45) is 5.41 Å². The second-order valence-corrected chi connectivity index (χ2v) is 6.88. The molecule has 2 aromatic rings. The molecule has 1 amide bonds. The molecule has 0 aromatic carbocycles. The first kappa shape index (κ1) is 16.3. The minimum Gasteiger partial charge on any atom is -0.461 e. The molecule has 2 aliphatic rings. The Balaban J connectivity index is 1.27. The van der Waals surface area contributed by atoms with Gasteiger partial charge in [-0.3, -0.25) is 4.79 Å². The first-order valence-corrected chi connectivity index (χ1v) is 8.99. The summed E-state index contributed by atoms with van der Waals surface area (Å²) in [4.78, 5) is 16.5. The zero-order chi connectivity index (χ0) is 17.3. The van der Waals surface area contributed by atoms with Crippen LogP contribution in [0.1, 0.15) is 44.9 Å². The van der Waals surface area contributed by atoms with Crippen LogP contribution >= 0.6 is 0 Å². The zero-order valence-electron chi connectivity index (χ0n) is 14.4. The Morgan fingerprint density at radius 2 is 2.36 bits per heavy atom. The van der Waals surface area contributed by atoms with Crippen molar-refractivity contribution in [1.82, 2.24) is 15.5 Å². The van der Waals surface area contributed by atoms with Gasteiger partial charge in [-0.15, -0.1) is 0 Å². The quantitative estimate of drug-likeness (QED) is 0.830. The van der Waals surface area contributed by atoms with Gasteiger partial charge in [0.1, 0.15) is 0 Å². The first-order valence-electron chi connectivity index (χ1n) is 8.99. The predicted molar refractivity (Wildman–Crippen MR) is 88.6 cm³/mol. The van der Waals surface area contributed by atoms with Crippen molar-refractivity contribution >= 4 is 5.91 Å². The van der Waals surface area contributed by atoms with Crippen LogP contribution in [0.2, 0.25) is 0 Å². The maximum atomic E-state index is 12.3. The number of ether oxygens (including phenoxy) is 1. The third-order valence-corrected chi connectivity index (χ3v) is 5.55. The average Bonchev–Trinajstić information content (AvgIpc) is 3.21. The van der Waals surface area contributed by atoms with E-state index in [1.165, 1.54) is 6.42 Å². The van der Waals surface area contributed by atoms with Crippen molar-refractivity contribution in [3.8, 4) is 11.6 Å². The van der Waals surface area contributed by atoms with Crippen molar-refractivity contribution in [3.63, 3.8) is 0 Å². The molecule has 0 radical (unpaired) electrons. The summed E-state index contributed by atoms with van der Waals surface area (Å²) in [5.74, 6) is 1.44. The number of hydrogen-bond donors (Lipinski definition) is 1. The Morgan fingerprint density at radius 1 is 1.48 bits per heavy atom. The van der Waals surface area contributed by atoms with Crippen LogP contribution in [0, 0.1) is 5.41 Å². The lowest BCUT2D eigenvalue weighted by atomic mass is 9.51. The van der Waals surface area contributed by atoms with Crippen molar-refractivity contribution in [3.05, 3.63) is 24.3 Å². The monoisotopic (exact) mass is 345 g/mol. The number of hydrogen-bond acceptors (Lipinski definition) is 6. The van der Waals surface area contributed by atoms with Gasteiger partial charge < -0.3 is 19.0 Å². The molecule has 2 fully saturated rings. The smallest absolute Gasteiger partial charge is 0.238 e. The molecule has 0 unspecified atom stereocenters. The predicted octanol–water partition coefficient (Wildman–Crippen LogP) is 2.73. The molecule has 1 spiro atoms. The van der Waals surface area contributed by atoms with Crippen LogP contribution in [0.4, 0.5) is 0 Å². The molecule has 0 bridgehead atoms. The standard InChI is InChI=1S/C18H23N3O4/c1-2-23-14-11-13(18(14)8-4-9-18)19-15(22)6-7-16-20-17(21-25-16)12-5-3-10-24-12/h3,5,10,13-14H,2,4,6-9,11H2,1H3,(H,19,22)/t13-,14-/m0/s1. The van der Waals surface area contributed by atoms with E-state index >= 15 is 0 Å². The lowest BCUT2D eigenvalue weighted by Crippen LogP contribution is -2.67. The SMILES string of the molecule is CCO[C@H]1C[C@H](NC(=O)CCc2nc(-c3ccco3)no2)C12CCC2. The highest BCUT2D eigenvalue weighted by Gasteiger charge is 2.59. The lowest BCUT2D eigenvalue weighted by Gasteiger charge is -2.61. The second kappa shape index (κ2) is 6.63. The largest absolute Gasteiger partial charge is 0.461 e. The van der Waals surface area contributed by atoms with Gasteiger partial charge >= 0.3 is 0 Å². The van der Waals surface area contributed by atoms with Crippen molar-refractivity contribution in [2.45, 2.75) is 57.6 Å². The number of aryl methyl sites for hydroxylation is 1. The van der Waals surface area contributed by atoms with Crippen molar-refractivity contribution in [2.75, 3.05) is 6.61 Å². The number of furan rings is 1. The molecule has 25 heavy (non-hydrogen) atoms. The Hall–Kier alpha value is -2.15. The number of carbonyl (C=O) groups excluding carboxylic acids is 1. The van der Waals surface area contributed by atoms with Gasteiger partial charge in [-0.1, -0.05) is 11.6 Å². The van der Waals surface area contributed by atoms with E-state index in [0.717, 1.165) is 25.9 Å². The lowest BCUT2D eigenvalue weighted by molar-refractivity contribution is -0.175. The summed E-state index contributed by atoms with van der Waals surface area (Å²) in [5, 5.41) is 7.05. The van der Waals surface area contributed by atoms with Crippen LogP contribution in [0.15, 0.2) is 27.3 Å². The Bertz CT molecular complexity index is 721. The average molecular weight is 345 g/mol. The van der Waals surface area contributed by atoms with E-state index in [4.69, 9.17) is 13.7 Å². The highest BCUT2D eigenvalue weighted by Crippen LogP contribution is 2.57. The van der Waals surface area contributed by atoms with Crippen LogP contribution < -0.4 is 5.32 Å². The van der Waals surface area contributed by atoms with Gasteiger partial charge in [0.2, 0.25) is 17.6 Å². The molecule has 2 atom stereocenters. The number of nitrogens with zero attached hydrogens (tertiary/aromatic N) is 2. The van der Waals surface area contributed by atoms with Crippen LogP contribution in [0.25, 0.3) is 11.6 Å². The van der Waals surface area contributed by atoms with Crippen LogP contribution in [-0.2, 0) is 16.0 Å². The summed E-state index contributed by atoms with van der Waals surface area (Å²) in [6.45, 7) is 2.77. The number of carbonyl (C=O) groups is 1. The topological polar surface area (TPSA) is 90.4 Å². The summed E-state index contributed by atoms with van der Waals surface area (Å²) in [6, 6.07) is 3.78. The fourth-order valence-corrected chi connectivity index (χ4v) is 3.99. The third kappa shape index (κ3) is 2.97. The summed E-state index contributed by atoms with van der Waals surface area (Å²) in [7, 11) is 0. The summed E-state index contributed by atoms with van der Waals surface area (Å²) in [6.07, 6.45) is 7.08. The molecule has 7 heteroatoms. The second-order valence-electron chi connectivity index (χ2n) is 6.88. The highest BCUT2D eigenvalue weighted by atomic mass is 16.5. The fraction of sp³-hybridized carbons (Fsp3) is 0.611. The Labute approximate surface area is 146 Å². The first-order chi connectivity index (χ1) is 12.2. The molecular weight excluding hydrogens is 322 g/mol. The summed E-state index contributed by atoms with van der Waals surface area (Å²) < 4.78 is 16.2. The van der Waals surface area contributed by atoms with E-state index in [9.17, 15) is 4.79 Å². The Morgan fingerprint density at radius 3 is 3.04 bits per heavy atom. The normalized spacial score (nSPS) is 23.9. The van der Waals surface area contributed by atoms with Crippen molar-refractivity contribution in [1.29, 1.82) is 0 Å². The molecular formula is C18H23N3O4. The molecule has 2 saturated carbocycles. The van der Waals surface area contributed by atoms with Gasteiger partial charge in [0.15, 0.2) is 5.76 Å². The van der Waals surface area contributed by atoms with E-state index < -0.39 is 0 Å². The summed E-state index contributed by atoms with van der Waals surface area (Å²) >= 11 is 0. The molecule has 2 aromatic heterocycles. The molecule has 1 N–H and O–H groups in total. The van der Waals surface area contributed by atoms with Gasteiger partial charge in [-0.25, -0.2) is 0 Å². The zero-order valence-corrected chi connectivity index (χ0v) is 14.4. The van der Waals surface area contributed by atoms with Crippen LogP contribution in [-0.4, -0.2) is 34.8 Å². The molecule has 4 rings (SSSR count). The van der Waals surface area contributed by atoms with Crippen molar-refractivity contribution < 1.29 is 18.5 Å². The molecule has 0 saturated heterocycles. The van der Waals surface area contributed by atoms with Crippen LogP contribution in [0.3, 0.4) is 0 Å². The minimum absolute atomic E-state index is 0.0315. The molecule has 134 valence electrons. The molecule has 2 aliphatic carbocycles. The van der Waals surface area contributed by atoms with E-state index in [0.29, 0.717) is 36.4 Å². The third-order valence-electron chi connectivity index (χ3n) is 5.55. The van der Waals surface area contributed by atoms with E-state index in [1.807, 2.05) is 6.92 Å². The maximum Gasteiger partial charge on any atom is 0.238 e. The molecule has 7 nitrogen and oxygen atoms in total. The Kier molecular flexibility index (Phi) is 4.33. The van der Waals surface area contributed by atoms with E-state index in [2.05, 4.69) is 15.5 Å². The fourth-order valence-electron chi connectivity index (χ4n) is 3.99. The van der Waals surface area contributed by atoms with Gasteiger partial charge in [0, 0.05) is 30.9 Å². The van der Waals surface area contributed by atoms with Gasteiger partial charge in [-0.05, 0) is 38.3 Å². The number of aromatic nitrogens is 2. The van der Waals surface area contributed by atoms with E-state index in [1.54, 1.807) is 18.4 Å². The van der Waals surface area contributed by atoms with Crippen LogP contribution in [0.5, 0.6) is 0 Å². The molecule has 0 aliphatic heterocycles.